The molecule has 0 amide bonds. The Labute approximate surface area is 168 Å². The Morgan fingerprint density at radius 1 is 1.17 bits per heavy atom. The summed E-state index contributed by atoms with van der Waals surface area (Å²) in [6, 6.07) is 6.58. The molecular formula is C22H26FN3O3. The lowest BCUT2D eigenvalue weighted by Crippen LogP contribution is -2.23. The normalized spacial score (nSPS) is 11.5. The lowest BCUT2D eigenvalue weighted by molar-refractivity contribution is 0.0695. The van der Waals surface area contributed by atoms with Gasteiger partial charge in [-0.05, 0) is 49.3 Å². The zero-order chi connectivity index (χ0) is 21.3. The van der Waals surface area contributed by atoms with Crippen molar-refractivity contribution in [2.24, 2.45) is 7.05 Å². The fraction of sp³-hybridized carbons (Fsp3) is 0.364. The molecule has 3 rings (SSSR count). The van der Waals surface area contributed by atoms with Crippen LogP contribution >= 0.6 is 0 Å². The van der Waals surface area contributed by atoms with Crippen LogP contribution in [0.25, 0.3) is 22.2 Å². The number of aryl methyl sites for hydroxylation is 2. The number of nitrogens with zero attached hydrogens (tertiary/aromatic N) is 2. The van der Waals surface area contributed by atoms with Crippen molar-refractivity contribution in [1.29, 1.82) is 0 Å². The van der Waals surface area contributed by atoms with Gasteiger partial charge >= 0.3 is 5.97 Å². The SMILES string of the molecule is CCc1cc(C(=O)O)c(=O)[nH]c1-c1cc(F)c2c(c1)cc(CN(CC)CC)n2C. The topological polar surface area (TPSA) is 78.3 Å². The first-order valence-corrected chi connectivity index (χ1v) is 9.80. The molecule has 154 valence electrons. The molecule has 0 saturated heterocycles. The van der Waals surface area contributed by atoms with Crippen LogP contribution in [0.2, 0.25) is 0 Å². The van der Waals surface area contributed by atoms with Crippen molar-refractivity contribution in [3.8, 4) is 11.3 Å². The highest BCUT2D eigenvalue weighted by molar-refractivity contribution is 5.89. The van der Waals surface area contributed by atoms with Gasteiger partial charge in [-0.25, -0.2) is 9.18 Å². The molecule has 2 N–H and O–H groups in total. The van der Waals surface area contributed by atoms with Gasteiger partial charge in [-0.2, -0.15) is 0 Å². The fourth-order valence-corrected chi connectivity index (χ4v) is 3.74. The Hall–Kier alpha value is -2.93. The van der Waals surface area contributed by atoms with E-state index >= 15 is 4.39 Å². The van der Waals surface area contributed by atoms with Crippen molar-refractivity contribution < 1.29 is 14.3 Å². The van der Waals surface area contributed by atoms with E-state index in [0.29, 0.717) is 28.8 Å². The smallest absolute Gasteiger partial charge is 0.341 e. The zero-order valence-corrected chi connectivity index (χ0v) is 17.2. The number of halogens is 1. The second kappa shape index (κ2) is 8.21. The number of rotatable bonds is 7. The molecule has 6 nitrogen and oxygen atoms in total. The number of aromatic carboxylic acids is 1. The highest BCUT2D eigenvalue weighted by Crippen LogP contribution is 2.30. The number of pyridine rings is 1. The molecule has 0 aliphatic heterocycles. The van der Waals surface area contributed by atoms with E-state index in [9.17, 15) is 14.7 Å². The molecule has 7 heteroatoms. The zero-order valence-electron chi connectivity index (χ0n) is 17.2. The maximum Gasteiger partial charge on any atom is 0.341 e. The van der Waals surface area contributed by atoms with Crippen molar-refractivity contribution in [2.45, 2.75) is 33.7 Å². The van der Waals surface area contributed by atoms with Gasteiger partial charge in [-0.15, -0.1) is 0 Å². The molecule has 0 aliphatic rings. The Balaban J connectivity index is 2.16. The molecule has 0 fully saturated rings. The molecule has 0 bridgehead atoms. The molecule has 29 heavy (non-hydrogen) atoms. The van der Waals surface area contributed by atoms with E-state index < -0.39 is 11.5 Å². The third-order valence-electron chi connectivity index (χ3n) is 5.48. The molecule has 0 atom stereocenters. The van der Waals surface area contributed by atoms with Gasteiger partial charge in [-0.1, -0.05) is 20.8 Å². The molecule has 1 aromatic carbocycles. The minimum absolute atomic E-state index is 0.312. The van der Waals surface area contributed by atoms with Crippen molar-refractivity contribution in [3.05, 3.63) is 57.3 Å². The first kappa shape index (κ1) is 20.8. The Bertz CT molecular complexity index is 1130. The summed E-state index contributed by atoms with van der Waals surface area (Å²) in [6.07, 6.45) is 0.508. The second-order valence-electron chi connectivity index (χ2n) is 7.12. The van der Waals surface area contributed by atoms with Crippen LogP contribution in [0.4, 0.5) is 4.39 Å². The molecular weight excluding hydrogens is 373 g/mol. The largest absolute Gasteiger partial charge is 0.477 e. The fourth-order valence-electron chi connectivity index (χ4n) is 3.74. The number of hydrogen-bond acceptors (Lipinski definition) is 3. The van der Waals surface area contributed by atoms with E-state index in [1.807, 2.05) is 30.7 Å². The number of carbonyl (C=O) groups is 1. The minimum atomic E-state index is -1.28. The van der Waals surface area contributed by atoms with Gasteiger partial charge in [-0.3, -0.25) is 9.69 Å². The predicted octanol–water partition coefficient (Wildman–Crippen LogP) is 3.78. The van der Waals surface area contributed by atoms with E-state index in [2.05, 4.69) is 23.7 Å². The molecule has 0 unspecified atom stereocenters. The van der Waals surface area contributed by atoms with Crippen molar-refractivity contribution in [3.63, 3.8) is 0 Å². The lowest BCUT2D eigenvalue weighted by atomic mass is 10.0. The standard InChI is InChI=1S/C22H26FN3O3/c1-5-13-10-17(22(28)29)21(27)24-19(13)14-8-15-9-16(12-26(6-2)7-3)25(4)20(15)18(23)11-14/h8-11H,5-7,12H2,1-4H3,(H,24,27)(H,28,29). The average molecular weight is 399 g/mol. The van der Waals surface area contributed by atoms with Crippen LogP contribution in [0.3, 0.4) is 0 Å². The molecule has 2 aromatic heterocycles. The van der Waals surface area contributed by atoms with Gasteiger partial charge in [0.2, 0.25) is 0 Å². The lowest BCUT2D eigenvalue weighted by Gasteiger charge is -2.18. The van der Waals surface area contributed by atoms with Crippen LogP contribution in [0.1, 0.15) is 42.4 Å². The third kappa shape index (κ3) is 3.82. The number of hydrogen-bond donors (Lipinski definition) is 2. The summed E-state index contributed by atoms with van der Waals surface area (Å²) in [7, 11) is 1.85. The summed E-state index contributed by atoms with van der Waals surface area (Å²) in [5.74, 6) is -1.66. The van der Waals surface area contributed by atoms with E-state index in [0.717, 1.165) is 30.7 Å². The second-order valence-corrected chi connectivity index (χ2v) is 7.12. The molecule has 0 radical (unpaired) electrons. The summed E-state index contributed by atoms with van der Waals surface area (Å²) in [5, 5.41) is 9.94. The summed E-state index contributed by atoms with van der Waals surface area (Å²) in [6.45, 7) is 8.58. The molecule has 0 saturated carbocycles. The summed E-state index contributed by atoms with van der Waals surface area (Å²) >= 11 is 0. The van der Waals surface area contributed by atoms with Gasteiger partial charge in [0.15, 0.2) is 0 Å². The number of fused-ring (bicyclic) bond motifs is 1. The van der Waals surface area contributed by atoms with Crippen LogP contribution in [-0.2, 0) is 20.0 Å². The Kier molecular flexibility index (Phi) is 5.88. The van der Waals surface area contributed by atoms with Crippen LogP contribution in [0.5, 0.6) is 0 Å². The van der Waals surface area contributed by atoms with Gasteiger partial charge in [0.25, 0.3) is 5.56 Å². The number of aromatic nitrogens is 2. The van der Waals surface area contributed by atoms with E-state index in [4.69, 9.17) is 0 Å². The summed E-state index contributed by atoms with van der Waals surface area (Å²) in [4.78, 5) is 28.3. The van der Waals surface area contributed by atoms with Crippen LogP contribution < -0.4 is 5.56 Å². The van der Waals surface area contributed by atoms with Gasteiger partial charge in [0.05, 0.1) is 11.2 Å². The first-order chi connectivity index (χ1) is 13.8. The number of benzene rings is 1. The van der Waals surface area contributed by atoms with Gasteiger partial charge < -0.3 is 14.7 Å². The van der Waals surface area contributed by atoms with Crippen LogP contribution in [0.15, 0.2) is 29.1 Å². The van der Waals surface area contributed by atoms with E-state index in [1.54, 1.807) is 0 Å². The number of carboxylic acid groups (broad SMARTS) is 1. The quantitative estimate of drug-likeness (QED) is 0.634. The Morgan fingerprint density at radius 2 is 1.86 bits per heavy atom. The van der Waals surface area contributed by atoms with Gasteiger partial charge in [0.1, 0.15) is 11.4 Å². The summed E-state index contributed by atoms with van der Waals surface area (Å²) < 4.78 is 16.9. The van der Waals surface area contributed by atoms with Crippen LogP contribution in [0, 0.1) is 5.82 Å². The highest BCUT2D eigenvalue weighted by atomic mass is 19.1. The monoisotopic (exact) mass is 399 g/mol. The molecule has 0 spiro atoms. The number of H-pyrrole nitrogens is 1. The van der Waals surface area contributed by atoms with Crippen LogP contribution in [-0.4, -0.2) is 38.6 Å². The third-order valence-corrected chi connectivity index (χ3v) is 5.48. The Morgan fingerprint density at radius 3 is 2.45 bits per heavy atom. The molecule has 2 heterocycles. The number of nitrogens with one attached hydrogen (secondary N) is 1. The minimum Gasteiger partial charge on any atom is -0.477 e. The average Bonchev–Trinajstić information content (AvgIpc) is 3.01. The molecule has 3 aromatic rings. The van der Waals surface area contributed by atoms with Crippen molar-refractivity contribution in [1.82, 2.24) is 14.5 Å². The summed E-state index contributed by atoms with van der Waals surface area (Å²) in [5.41, 5.74) is 2.15. The maximum atomic E-state index is 15.0. The van der Waals surface area contributed by atoms with Crippen molar-refractivity contribution >= 4 is 16.9 Å². The molecule has 0 aliphatic carbocycles. The van der Waals surface area contributed by atoms with Gasteiger partial charge in [0, 0.05) is 30.2 Å². The maximum absolute atomic E-state index is 15.0. The predicted molar refractivity (Wildman–Crippen MR) is 112 cm³/mol. The highest BCUT2D eigenvalue weighted by Gasteiger charge is 2.18. The number of carboxylic acids is 1. The number of aromatic amines is 1. The van der Waals surface area contributed by atoms with E-state index in [1.165, 1.54) is 12.1 Å². The van der Waals surface area contributed by atoms with Crippen molar-refractivity contribution in [2.75, 3.05) is 13.1 Å². The van der Waals surface area contributed by atoms with E-state index in [-0.39, 0.29) is 11.4 Å². The first-order valence-electron chi connectivity index (χ1n) is 9.80.